The average molecular weight is 724 g/mol. The molecule has 0 atom stereocenters. The van der Waals surface area contributed by atoms with Gasteiger partial charge >= 0.3 is 0 Å². The molecule has 0 aliphatic carbocycles. The zero-order valence-corrected chi connectivity index (χ0v) is 31.2. The molecule has 0 aliphatic heterocycles. The van der Waals surface area contributed by atoms with E-state index in [-0.39, 0.29) is 10.9 Å². The largest absolute Gasteiger partial charge is 0.497 e. The van der Waals surface area contributed by atoms with Gasteiger partial charge in [-0.1, -0.05) is 140 Å². The normalized spacial score (nSPS) is 11.1. The molecule has 6 heteroatoms. The quantitative estimate of drug-likeness (QED) is 0.0694. The molecule has 0 aromatic heterocycles. The number of hydrogen-bond acceptors (Lipinski definition) is 1. The molecule has 250 valence electrons. The maximum atomic E-state index is 6.21. The van der Waals surface area contributed by atoms with Crippen LogP contribution in [-0.4, -0.2) is 13.3 Å². The van der Waals surface area contributed by atoms with E-state index < -0.39 is 6.15 Å². The molecule has 0 radical (unpaired) electrons. The highest BCUT2D eigenvalue weighted by molar-refractivity contribution is 7.97. The predicted molar refractivity (Wildman–Crippen MR) is 216 cm³/mol. The highest BCUT2D eigenvalue weighted by Gasteiger charge is 2.30. The first-order valence-corrected chi connectivity index (χ1v) is 19.2. The van der Waals surface area contributed by atoms with Crippen LogP contribution >= 0.6 is 34.8 Å². The highest BCUT2D eigenvalue weighted by atomic mass is 35.5. The van der Waals surface area contributed by atoms with Crippen LogP contribution in [0.5, 0.6) is 5.75 Å². The van der Waals surface area contributed by atoms with Gasteiger partial charge in [-0.25, -0.2) is 0 Å². The van der Waals surface area contributed by atoms with E-state index in [1.807, 2.05) is 48.5 Å². The summed E-state index contributed by atoms with van der Waals surface area (Å²) in [5, 5.41) is 2.27. The number of benzene rings is 6. The summed E-state index contributed by atoms with van der Waals surface area (Å²) in [6.07, 6.45) is 4.81. The van der Waals surface area contributed by atoms with E-state index in [2.05, 4.69) is 116 Å². The van der Waals surface area contributed by atoms with Crippen LogP contribution in [0, 0.1) is 0 Å². The van der Waals surface area contributed by atoms with Crippen molar-refractivity contribution in [3.05, 3.63) is 173 Å². The van der Waals surface area contributed by atoms with E-state index in [0.29, 0.717) is 0 Å². The molecule has 0 spiro atoms. The Labute approximate surface area is 310 Å². The summed E-state index contributed by atoms with van der Waals surface area (Å²) in [7, 11) is 1.62. The van der Waals surface area contributed by atoms with Crippen molar-refractivity contribution in [3.8, 4) is 5.75 Å². The molecule has 0 saturated heterocycles. The molecule has 0 aliphatic rings. The van der Waals surface area contributed by atoms with Crippen LogP contribution in [0.15, 0.2) is 172 Å². The summed E-state index contributed by atoms with van der Waals surface area (Å²) < 4.78 is 5.26. The standard InChI is InChI=1S/C24H25BCl3.C19H17OS/c1-2-3-4-5-18-25(19-6-12-22(26)13-7-19,20-8-14-23(27)15-9-20)21-10-16-24(28)17-11-21;1-20-16-12-14-19(15-13-16)21(17-8-4-2-5-9-17)18-10-6-3-7-11-18/h6-17H,2-5,18H2,1H3;2-15H,1H3/q-1;+1. The first kappa shape index (κ1) is 36.7. The van der Waals surface area contributed by atoms with Crippen LogP contribution in [0.3, 0.4) is 0 Å². The van der Waals surface area contributed by atoms with Crippen molar-refractivity contribution >= 4 is 68.2 Å². The van der Waals surface area contributed by atoms with Gasteiger partial charge in [0.25, 0.3) is 0 Å². The number of methoxy groups -OCH3 is 1. The van der Waals surface area contributed by atoms with Crippen molar-refractivity contribution in [1.29, 1.82) is 0 Å². The van der Waals surface area contributed by atoms with Crippen LogP contribution in [0.4, 0.5) is 0 Å². The average Bonchev–Trinajstić information content (AvgIpc) is 3.15. The zero-order valence-electron chi connectivity index (χ0n) is 28.1. The fourth-order valence-corrected chi connectivity index (χ4v) is 9.02. The maximum Gasteiger partial charge on any atom is 0.166 e. The minimum atomic E-state index is -1.15. The second-order valence-electron chi connectivity index (χ2n) is 12.2. The fraction of sp³-hybridized carbons (Fsp3) is 0.163. The molecule has 0 amide bonds. The molecular weight excluding hydrogens is 682 g/mol. The minimum Gasteiger partial charge on any atom is -0.497 e. The second kappa shape index (κ2) is 18.4. The third-order valence-electron chi connectivity index (χ3n) is 9.06. The lowest BCUT2D eigenvalue weighted by Crippen LogP contribution is -2.66. The Balaban J connectivity index is 0.000000199. The molecule has 49 heavy (non-hydrogen) atoms. The predicted octanol–water partition coefficient (Wildman–Crippen LogP) is 11.5. The summed E-state index contributed by atoms with van der Waals surface area (Å²) in [5.41, 5.74) is 3.89. The Morgan fingerprint density at radius 3 is 1.22 bits per heavy atom. The zero-order chi connectivity index (χ0) is 34.5. The van der Waals surface area contributed by atoms with Gasteiger partial charge in [-0.15, -0.1) is 0 Å². The van der Waals surface area contributed by atoms with Gasteiger partial charge in [-0.3, -0.25) is 0 Å². The van der Waals surface area contributed by atoms with E-state index in [4.69, 9.17) is 39.5 Å². The number of hydrogen-bond donors (Lipinski definition) is 0. The lowest BCUT2D eigenvalue weighted by Gasteiger charge is -2.43. The molecule has 0 N–H and O–H groups in total. The van der Waals surface area contributed by atoms with Gasteiger partial charge in [0.15, 0.2) is 14.7 Å². The third kappa shape index (κ3) is 9.56. The van der Waals surface area contributed by atoms with E-state index in [0.717, 1.165) is 27.1 Å². The summed E-state index contributed by atoms with van der Waals surface area (Å²) >= 11 is 18.6. The molecule has 0 saturated carbocycles. The molecule has 0 heterocycles. The Kier molecular flexibility index (Phi) is 13.8. The van der Waals surface area contributed by atoms with Crippen LogP contribution in [0.2, 0.25) is 21.4 Å². The van der Waals surface area contributed by atoms with E-state index in [9.17, 15) is 0 Å². The molecule has 1 nitrogen and oxygen atoms in total. The van der Waals surface area contributed by atoms with Crippen LogP contribution in [-0.2, 0) is 10.9 Å². The van der Waals surface area contributed by atoms with Crippen LogP contribution in [0.25, 0.3) is 0 Å². The van der Waals surface area contributed by atoms with Gasteiger partial charge in [0.1, 0.15) is 5.75 Å². The molecule has 0 fully saturated rings. The number of unbranched alkanes of at least 4 members (excludes halogenated alkanes) is 3. The summed E-state index contributed by atoms with van der Waals surface area (Å²) in [6.45, 7) is 2.25. The van der Waals surface area contributed by atoms with E-state index in [1.165, 1.54) is 56.8 Å². The fourth-order valence-electron chi connectivity index (χ4n) is 6.56. The van der Waals surface area contributed by atoms with Crippen molar-refractivity contribution in [2.75, 3.05) is 7.11 Å². The number of halogens is 3. The molecule has 6 aromatic carbocycles. The number of ether oxygens (including phenoxy) is 1. The Bertz CT molecular complexity index is 1680. The van der Waals surface area contributed by atoms with Crippen molar-refractivity contribution in [2.24, 2.45) is 0 Å². The van der Waals surface area contributed by atoms with Gasteiger partial charge in [0, 0.05) is 15.1 Å². The molecule has 6 rings (SSSR count). The topological polar surface area (TPSA) is 9.23 Å². The van der Waals surface area contributed by atoms with Crippen molar-refractivity contribution in [2.45, 2.75) is 53.6 Å². The molecule has 6 aromatic rings. The first-order chi connectivity index (χ1) is 23.9. The van der Waals surface area contributed by atoms with Crippen LogP contribution in [0.1, 0.15) is 32.6 Å². The van der Waals surface area contributed by atoms with Gasteiger partial charge < -0.3 is 4.74 Å². The Morgan fingerprint density at radius 1 is 0.469 bits per heavy atom. The number of rotatable bonds is 12. The SMILES string of the molecule is CCCCCC[B-](c1ccc(Cl)cc1)(c1ccc(Cl)cc1)c1ccc(Cl)cc1.COc1ccc([S+](c2ccccc2)c2ccccc2)cc1. The highest BCUT2D eigenvalue weighted by Crippen LogP contribution is 2.32. The lowest BCUT2D eigenvalue weighted by molar-refractivity contribution is 0.414. The second-order valence-corrected chi connectivity index (χ2v) is 15.5. The molecule has 0 bridgehead atoms. The lowest BCUT2D eigenvalue weighted by atomic mass is 9.14. The van der Waals surface area contributed by atoms with Gasteiger partial charge in [-0.05, 0) is 84.9 Å². The first-order valence-electron chi connectivity index (χ1n) is 16.9. The van der Waals surface area contributed by atoms with E-state index >= 15 is 0 Å². The van der Waals surface area contributed by atoms with Gasteiger partial charge in [0.05, 0.1) is 24.2 Å². The summed E-state index contributed by atoms with van der Waals surface area (Å²) in [5.74, 6) is 0.892. The van der Waals surface area contributed by atoms with Crippen molar-refractivity contribution in [3.63, 3.8) is 0 Å². The Hall–Kier alpha value is -3.60. The van der Waals surface area contributed by atoms with Crippen LogP contribution < -0.4 is 21.1 Å². The molecular formula is C43H42BCl3OS. The monoisotopic (exact) mass is 722 g/mol. The smallest absolute Gasteiger partial charge is 0.166 e. The van der Waals surface area contributed by atoms with Gasteiger partial charge in [0.2, 0.25) is 0 Å². The Morgan fingerprint density at radius 2 is 0.857 bits per heavy atom. The third-order valence-corrected chi connectivity index (χ3v) is 12.0. The van der Waals surface area contributed by atoms with E-state index in [1.54, 1.807) is 7.11 Å². The molecule has 0 unspecified atom stereocenters. The van der Waals surface area contributed by atoms with Gasteiger partial charge in [-0.2, -0.15) is 22.7 Å². The summed E-state index contributed by atoms with van der Waals surface area (Å²) in [6, 6.07) is 54.6. The summed E-state index contributed by atoms with van der Waals surface area (Å²) in [4.78, 5) is 3.95. The van der Waals surface area contributed by atoms with Crippen molar-refractivity contribution in [1.82, 2.24) is 0 Å². The minimum absolute atomic E-state index is 0.0804. The van der Waals surface area contributed by atoms with Crippen molar-refractivity contribution < 1.29 is 4.74 Å². The maximum absolute atomic E-state index is 6.21.